The first-order chi connectivity index (χ1) is 8.11. The number of rotatable bonds is 3. The van der Waals surface area contributed by atoms with Crippen LogP contribution in [0.3, 0.4) is 0 Å². The van der Waals surface area contributed by atoms with E-state index in [1.165, 1.54) is 24.6 Å². The predicted molar refractivity (Wildman–Crippen MR) is 61.0 cm³/mol. The summed E-state index contributed by atoms with van der Waals surface area (Å²) in [4.78, 5) is 14.5. The van der Waals surface area contributed by atoms with Crippen molar-refractivity contribution in [3.8, 4) is 16.3 Å². The molecule has 88 valence electrons. The number of hydrogen-bond donors (Lipinski definition) is 1. The Labute approximate surface area is 100 Å². The van der Waals surface area contributed by atoms with Gasteiger partial charge in [-0.3, -0.25) is 0 Å². The van der Waals surface area contributed by atoms with Crippen LogP contribution in [0, 0.1) is 5.82 Å². The molecule has 2 rings (SSSR count). The Hall–Kier alpha value is -1.95. The van der Waals surface area contributed by atoms with Gasteiger partial charge < -0.3 is 9.84 Å². The van der Waals surface area contributed by atoms with Crippen LogP contribution in [-0.2, 0) is 0 Å². The Kier molecular flexibility index (Phi) is 3.06. The van der Waals surface area contributed by atoms with Gasteiger partial charge in [0.05, 0.1) is 7.11 Å². The second-order valence-electron chi connectivity index (χ2n) is 3.19. The van der Waals surface area contributed by atoms with E-state index in [0.29, 0.717) is 10.8 Å². The first kappa shape index (κ1) is 11.5. The van der Waals surface area contributed by atoms with E-state index in [-0.39, 0.29) is 11.3 Å². The number of thiazole rings is 1. The Morgan fingerprint density at radius 3 is 2.82 bits per heavy atom. The lowest BCUT2D eigenvalue weighted by atomic mass is 10.2. The van der Waals surface area contributed by atoms with Crippen molar-refractivity contribution in [2.75, 3.05) is 7.11 Å². The molecule has 0 atom stereocenters. The van der Waals surface area contributed by atoms with Crippen LogP contribution in [0.5, 0.6) is 5.75 Å². The number of carboxylic acid groups (broad SMARTS) is 1. The first-order valence-corrected chi connectivity index (χ1v) is 5.52. The van der Waals surface area contributed by atoms with Crippen molar-refractivity contribution in [1.82, 2.24) is 4.98 Å². The molecule has 0 bridgehead atoms. The van der Waals surface area contributed by atoms with Gasteiger partial charge in [-0.15, -0.1) is 11.3 Å². The van der Waals surface area contributed by atoms with E-state index in [4.69, 9.17) is 9.84 Å². The number of carbonyl (C=O) groups is 1. The van der Waals surface area contributed by atoms with Gasteiger partial charge >= 0.3 is 5.97 Å². The van der Waals surface area contributed by atoms with Gasteiger partial charge in [-0.2, -0.15) is 0 Å². The summed E-state index contributed by atoms with van der Waals surface area (Å²) in [5.41, 5.74) is 0.184. The normalized spacial score (nSPS) is 10.2. The van der Waals surface area contributed by atoms with Crippen LogP contribution in [-0.4, -0.2) is 23.2 Å². The molecule has 0 amide bonds. The average Bonchev–Trinajstić information content (AvgIpc) is 2.78. The zero-order valence-electron chi connectivity index (χ0n) is 8.81. The zero-order valence-corrected chi connectivity index (χ0v) is 9.62. The van der Waals surface area contributed by atoms with E-state index >= 15 is 0 Å². The molecule has 0 unspecified atom stereocenters. The van der Waals surface area contributed by atoms with Gasteiger partial charge in [-0.05, 0) is 12.1 Å². The van der Waals surface area contributed by atoms with Gasteiger partial charge in [-0.25, -0.2) is 14.2 Å². The maximum atomic E-state index is 13.7. The lowest BCUT2D eigenvalue weighted by molar-refractivity contribution is 0.0691. The molecule has 1 aromatic heterocycles. The molecule has 6 heteroatoms. The summed E-state index contributed by atoms with van der Waals surface area (Å²) in [5, 5.41) is 10.4. The van der Waals surface area contributed by atoms with Crippen molar-refractivity contribution in [2.45, 2.75) is 0 Å². The van der Waals surface area contributed by atoms with E-state index in [9.17, 15) is 9.18 Å². The second-order valence-corrected chi connectivity index (χ2v) is 4.05. The molecule has 17 heavy (non-hydrogen) atoms. The number of benzene rings is 1. The molecular formula is C11H8FNO3S. The van der Waals surface area contributed by atoms with Crippen LogP contribution < -0.4 is 4.74 Å². The number of aromatic nitrogens is 1. The van der Waals surface area contributed by atoms with Crippen LogP contribution >= 0.6 is 11.3 Å². The molecule has 0 aliphatic heterocycles. The lowest BCUT2D eigenvalue weighted by Gasteiger charge is -2.02. The topological polar surface area (TPSA) is 59.4 Å². The number of ether oxygens (including phenoxy) is 1. The molecule has 0 aliphatic rings. The summed E-state index contributed by atoms with van der Waals surface area (Å²) in [6.45, 7) is 0. The SMILES string of the molecule is COc1ccc(-c2nc(C(=O)O)cs2)c(F)c1. The van der Waals surface area contributed by atoms with E-state index in [1.54, 1.807) is 6.07 Å². The van der Waals surface area contributed by atoms with Gasteiger partial charge in [0.2, 0.25) is 0 Å². The van der Waals surface area contributed by atoms with Crippen molar-refractivity contribution in [3.63, 3.8) is 0 Å². The summed E-state index contributed by atoms with van der Waals surface area (Å²) in [5.74, 6) is -1.21. The van der Waals surface area contributed by atoms with Gasteiger partial charge in [-0.1, -0.05) is 0 Å². The summed E-state index contributed by atoms with van der Waals surface area (Å²) in [6.07, 6.45) is 0. The summed E-state index contributed by atoms with van der Waals surface area (Å²) in [7, 11) is 1.44. The summed E-state index contributed by atoms with van der Waals surface area (Å²) in [6, 6.07) is 4.34. The summed E-state index contributed by atoms with van der Waals surface area (Å²) < 4.78 is 18.6. The average molecular weight is 253 g/mol. The second kappa shape index (κ2) is 4.50. The Morgan fingerprint density at radius 2 is 2.29 bits per heavy atom. The van der Waals surface area contributed by atoms with Crippen LogP contribution in [0.1, 0.15) is 10.5 Å². The van der Waals surface area contributed by atoms with Crippen molar-refractivity contribution in [3.05, 3.63) is 35.1 Å². The van der Waals surface area contributed by atoms with Gasteiger partial charge in [0.15, 0.2) is 5.69 Å². The molecule has 0 radical (unpaired) electrons. The largest absolute Gasteiger partial charge is 0.497 e. The molecular weight excluding hydrogens is 245 g/mol. The third-order valence-electron chi connectivity index (χ3n) is 2.13. The molecule has 1 heterocycles. The van der Waals surface area contributed by atoms with E-state index in [2.05, 4.69) is 4.98 Å². The monoisotopic (exact) mass is 253 g/mol. The smallest absolute Gasteiger partial charge is 0.355 e. The number of hydrogen-bond acceptors (Lipinski definition) is 4. The van der Waals surface area contributed by atoms with Gasteiger partial charge in [0.1, 0.15) is 16.6 Å². The van der Waals surface area contributed by atoms with Crippen molar-refractivity contribution in [1.29, 1.82) is 0 Å². The van der Waals surface area contributed by atoms with E-state index < -0.39 is 11.8 Å². The molecule has 0 saturated heterocycles. The molecule has 4 nitrogen and oxygen atoms in total. The highest BCUT2D eigenvalue weighted by atomic mass is 32.1. The maximum absolute atomic E-state index is 13.7. The maximum Gasteiger partial charge on any atom is 0.355 e. The fraction of sp³-hybridized carbons (Fsp3) is 0.0909. The van der Waals surface area contributed by atoms with E-state index in [1.807, 2.05) is 0 Å². The fourth-order valence-corrected chi connectivity index (χ4v) is 2.11. The standard InChI is InChI=1S/C11H8FNO3S/c1-16-6-2-3-7(8(12)4-6)10-13-9(5-17-10)11(14)15/h2-5H,1H3,(H,14,15). The molecule has 1 N–H and O–H groups in total. The Morgan fingerprint density at radius 1 is 1.53 bits per heavy atom. The van der Waals surface area contributed by atoms with Gasteiger partial charge in [0, 0.05) is 17.0 Å². The predicted octanol–water partition coefficient (Wildman–Crippen LogP) is 2.66. The number of methoxy groups -OCH3 is 1. The molecule has 0 aliphatic carbocycles. The number of aromatic carboxylic acids is 1. The molecule has 0 saturated carbocycles. The quantitative estimate of drug-likeness (QED) is 0.913. The Bertz CT molecular complexity index is 568. The van der Waals surface area contributed by atoms with Crippen LogP contribution in [0.25, 0.3) is 10.6 Å². The minimum absolute atomic E-state index is 0.0831. The first-order valence-electron chi connectivity index (χ1n) is 4.64. The molecule has 1 aromatic carbocycles. The minimum Gasteiger partial charge on any atom is -0.497 e. The highest BCUT2D eigenvalue weighted by Crippen LogP contribution is 2.28. The minimum atomic E-state index is -1.12. The summed E-state index contributed by atoms with van der Waals surface area (Å²) >= 11 is 1.09. The van der Waals surface area contributed by atoms with Crippen LogP contribution in [0.4, 0.5) is 4.39 Å². The molecule has 0 spiro atoms. The molecule has 2 aromatic rings. The zero-order chi connectivity index (χ0) is 12.4. The Balaban J connectivity index is 2.42. The highest BCUT2D eigenvalue weighted by molar-refractivity contribution is 7.13. The molecule has 0 fully saturated rings. The third-order valence-corrected chi connectivity index (χ3v) is 3.01. The highest BCUT2D eigenvalue weighted by Gasteiger charge is 2.13. The number of halogens is 1. The number of carboxylic acids is 1. The van der Waals surface area contributed by atoms with Crippen LogP contribution in [0.15, 0.2) is 23.6 Å². The van der Waals surface area contributed by atoms with Crippen LogP contribution in [0.2, 0.25) is 0 Å². The van der Waals surface area contributed by atoms with E-state index in [0.717, 1.165) is 11.3 Å². The fourth-order valence-electron chi connectivity index (χ4n) is 1.29. The van der Waals surface area contributed by atoms with Crippen molar-refractivity contribution >= 4 is 17.3 Å². The van der Waals surface area contributed by atoms with Gasteiger partial charge in [0.25, 0.3) is 0 Å². The van der Waals surface area contributed by atoms with Crippen molar-refractivity contribution in [2.24, 2.45) is 0 Å². The lowest BCUT2D eigenvalue weighted by Crippen LogP contribution is -1.96. The number of nitrogens with zero attached hydrogens (tertiary/aromatic N) is 1. The third kappa shape index (κ3) is 2.26. The van der Waals surface area contributed by atoms with Crippen molar-refractivity contribution < 1.29 is 19.0 Å².